The fourth-order valence-corrected chi connectivity index (χ4v) is 3.86. The largest absolute Gasteiger partial charge is 0.418 e. The lowest BCUT2D eigenvalue weighted by molar-refractivity contribution is -0.136. The number of ether oxygens (including phenoxy) is 1. The van der Waals surface area contributed by atoms with Crippen LogP contribution in [-0.4, -0.2) is 74.9 Å². The number of hydrogen-bond acceptors (Lipinski definition) is 7. The lowest BCUT2D eigenvalue weighted by atomic mass is 10.2. The smallest absolute Gasteiger partial charge is 0.379 e. The summed E-state index contributed by atoms with van der Waals surface area (Å²) in [5.41, 5.74) is -1.86. The summed E-state index contributed by atoms with van der Waals surface area (Å²) in [5, 5.41) is 5.60. The van der Waals surface area contributed by atoms with Crippen molar-refractivity contribution in [3.63, 3.8) is 0 Å². The van der Waals surface area contributed by atoms with Crippen molar-refractivity contribution in [2.75, 3.05) is 44.3 Å². The molecule has 0 unspecified atom stereocenters. The molecule has 0 atom stereocenters. The maximum Gasteiger partial charge on any atom is 0.418 e. The first-order chi connectivity index (χ1) is 16.2. The number of carbonyl (C=O) groups is 1. The van der Waals surface area contributed by atoms with Gasteiger partial charge >= 0.3 is 6.18 Å². The molecule has 182 valence electrons. The Labute approximate surface area is 196 Å². The Morgan fingerprint density at radius 3 is 2.50 bits per heavy atom. The van der Waals surface area contributed by atoms with Crippen LogP contribution >= 0.6 is 11.6 Å². The normalized spacial score (nSPS) is 14.7. The minimum Gasteiger partial charge on any atom is -0.379 e. The highest BCUT2D eigenvalue weighted by Gasteiger charge is 2.36. The summed E-state index contributed by atoms with van der Waals surface area (Å²) in [6.45, 7) is 2.48. The molecule has 4 heterocycles. The fraction of sp³-hybridized carbons (Fsp3) is 0.450. The lowest BCUT2D eigenvalue weighted by Crippen LogP contribution is -2.49. The molecule has 1 N–H and O–H groups in total. The molecule has 10 nitrogen and oxygen atoms in total. The first-order valence-electron chi connectivity index (χ1n) is 10.5. The predicted molar refractivity (Wildman–Crippen MR) is 117 cm³/mol. The number of carbonyl (C=O) groups excluding carboxylic acids is 1. The van der Waals surface area contributed by atoms with Gasteiger partial charge < -0.3 is 19.1 Å². The molecule has 14 heteroatoms. The number of alkyl halides is 3. The average molecular weight is 500 g/mol. The van der Waals surface area contributed by atoms with E-state index in [0.717, 1.165) is 6.20 Å². The molecule has 1 amide bonds. The van der Waals surface area contributed by atoms with Crippen LogP contribution in [-0.2, 0) is 22.3 Å². The highest BCUT2D eigenvalue weighted by Crippen LogP contribution is 2.34. The number of halogens is 4. The van der Waals surface area contributed by atoms with E-state index < -0.39 is 22.7 Å². The number of amides is 1. The van der Waals surface area contributed by atoms with Crippen molar-refractivity contribution in [2.24, 2.45) is 0 Å². The molecule has 1 saturated heterocycles. The zero-order valence-electron chi connectivity index (χ0n) is 17.9. The molecule has 0 bridgehead atoms. The van der Waals surface area contributed by atoms with Gasteiger partial charge in [-0.2, -0.15) is 18.3 Å². The van der Waals surface area contributed by atoms with Crippen LogP contribution in [0, 0.1) is 0 Å². The second-order valence-corrected chi connectivity index (χ2v) is 8.06. The first kappa shape index (κ1) is 24.0. The van der Waals surface area contributed by atoms with E-state index in [1.807, 2.05) is 10.00 Å². The van der Waals surface area contributed by atoms with Crippen LogP contribution in [0.5, 0.6) is 0 Å². The maximum atomic E-state index is 13.3. The third-order valence-corrected chi connectivity index (χ3v) is 5.66. The highest BCUT2D eigenvalue weighted by atomic mass is 35.5. The molecular formula is C20H21ClF3N7O3. The molecule has 34 heavy (non-hydrogen) atoms. The van der Waals surface area contributed by atoms with Gasteiger partial charge in [-0.15, -0.1) is 0 Å². The van der Waals surface area contributed by atoms with Crippen LogP contribution in [0.25, 0.3) is 10.9 Å². The van der Waals surface area contributed by atoms with Gasteiger partial charge in [0.05, 0.1) is 59.7 Å². The summed E-state index contributed by atoms with van der Waals surface area (Å²) < 4.78 is 46.6. The molecule has 1 aliphatic heterocycles. The van der Waals surface area contributed by atoms with E-state index in [1.54, 1.807) is 4.90 Å². The second kappa shape index (κ2) is 9.97. The van der Waals surface area contributed by atoms with E-state index in [1.165, 1.54) is 23.2 Å². The molecule has 0 aliphatic carbocycles. The van der Waals surface area contributed by atoms with E-state index in [2.05, 4.69) is 15.1 Å². The van der Waals surface area contributed by atoms with Gasteiger partial charge in [0.15, 0.2) is 0 Å². The second-order valence-electron chi connectivity index (χ2n) is 7.62. The quantitative estimate of drug-likeness (QED) is 0.495. The Balaban J connectivity index is 1.24. The van der Waals surface area contributed by atoms with E-state index in [9.17, 15) is 22.8 Å². The summed E-state index contributed by atoms with van der Waals surface area (Å²) in [6, 6.07) is 0. The van der Waals surface area contributed by atoms with Gasteiger partial charge in [-0.3, -0.25) is 9.59 Å². The van der Waals surface area contributed by atoms with Crippen molar-refractivity contribution in [1.82, 2.24) is 29.6 Å². The van der Waals surface area contributed by atoms with E-state index in [-0.39, 0.29) is 37.6 Å². The van der Waals surface area contributed by atoms with Crippen LogP contribution in [0.4, 0.5) is 19.1 Å². The summed E-state index contributed by atoms with van der Waals surface area (Å²) in [5.74, 6) is 0.487. The number of anilines is 1. The number of aromatic amines is 1. The molecule has 0 spiro atoms. The van der Waals surface area contributed by atoms with Crippen LogP contribution in [0.2, 0.25) is 5.02 Å². The number of aromatic nitrogens is 5. The number of hydrogen-bond donors (Lipinski definition) is 1. The van der Waals surface area contributed by atoms with Crippen molar-refractivity contribution >= 4 is 34.4 Å². The van der Waals surface area contributed by atoms with Gasteiger partial charge in [0.2, 0.25) is 11.9 Å². The molecular weight excluding hydrogens is 479 g/mol. The predicted octanol–water partition coefficient (Wildman–Crippen LogP) is 1.94. The molecule has 1 aliphatic rings. The fourth-order valence-electron chi connectivity index (χ4n) is 3.76. The van der Waals surface area contributed by atoms with Gasteiger partial charge in [-0.1, -0.05) is 11.6 Å². The van der Waals surface area contributed by atoms with Crippen LogP contribution in [0.15, 0.2) is 29.6 Å². The number of rotatable bonds is 7. The molecule has 3 aromatic heterocycles. The zero-order chi connectivity index (χ0) is 24.3. The molecule has 0 saturated carbocycles. The Morgan fingerprint density at radius 1 is 1.12 bits per heavy atom. The van der Waals surface area contributed by atoms with E-state index >= 15 is 0 Å². The first-order valence-corrected chi connectivity index (χ1v) is 10.8. The van der Waals surface area contributed by atoms with Crippen molar-refractivity contribution < 1.29 is 22.7 Å². The third kappa shape index (κ3) is 5.30. The standard InChI is InChI=1S/C20H21ClF3N7O3/c21-13-9-25-19(26-10-13)30-4-2-29(3-5-30)16(32)1-7-34-8-6-31-12-14(20(22,23)24)17-15(31)11-27-28-18(17)33/h9-12H,1-8H2,(H,28,33). The van der Waals surface area contributed by atoms with Gasteiger partial charge in [-0.25, -0.2) is 15.1 Å². The average Bonchev–Trinajstić information content (AvgIpc) is 3.20. The van der Waals surface area contributed by atoms with Crippen molar-refractivity contribution in [3.05, 3.63) is 45.7 Å². The monoisotopic (exact) mass is 499 g/mol. The summed E-state index contributed by atoms with van der Waals surface area (Å²) in [6.07, 6.45) is 0.569. The number of piperazine rings is 1. The van der Waals surface area contributed by atoms with Crippen molar-refractivity contribution in [3.8, 4) is 0 Å². The Morgan fingerprint density at radius 2 is 1.82 bits per heavy atom. The topological polar surface area (TPSA) is 109 Å². The molecule has 0 radical (unpaired) electrons. The number of nitrogens with one attached hydrogen (secondary N) is 1. The molecule has 1 fully saturated rings. The zero-order valence-corrected chi connectivity index (χ0v) is 18.6. The van der Waals surface area contributed by atoms with Crippen molar-refractivity contribution in [1.29, 1.82) is 0 Å². The minimum atomic E-state index is -4.67. The van der Waals surface area contributed by atoms with Crippen molar-refractivity contribution in [2.45, 2.75) is 19.1 Å². The summed E-state index contributed by atoms with van der Waals surface area (Å²) in [4.78, 5) is 36.3. The Kier molecular flexibility index (Phi) is 7.03. The van der Waals surface area contributed by atoms with Crippen LogP contribution in [0.1, 0.15) is 12.0 Å². The Hall–Kier alpha value is -3.19. The summed E-state index contributed by atoms with van der Waals surface area (Å²) in [7, 11) is 0. The van der Waals surface area contributed by atoms with Gasteiger partial charge in [0.1, 0.15) is 0 Å². The molecule has 3 aromatic rings. The SMILES string of the molecule is O=C(CCOCCn1cc(C(F)(F)F)c2c(=O)[nH]ncc21)N1CCN(c2ncc(Cl)cn2)CC1. The van der Waals surface area contributed by atoms with Crippen LogP contribution < -0.4 is 10.5 Å². The van der Waals surface area contributed by atoms with Gasteiger partial charge in [-0.05, 0) is 0 Å². The van der Waals surface area contributed by atoms with Crippen LogP contribution in [0.3, 0.4) is 0 Å². The van der Waals surface area contributed by atoms with Gasteiger partial charge in [0.25, 0.3) is 5.56 Å². The molecule has 0 aromatic carbocycles. The maximum absolute atomic E-state index is 13.3. The Bertz CT molecular complexity index is 1200. The third-order valence-electron chi connectivity index (χ3n) is 5.46. The molecule has 4 rings (SSSR count). The number of H-pyrrole nitrogens is 1. The minimum absolute atomic E-state index is 0.0679. The number of nitrogens with zero attached hydrogens (tertiary/aromatic N) is 6. The van der Waals surface area contributed by atoms with Gasteiger partial charge in [0, 0.05) is 38.9 Å². The van der Waals surface area contributed by atoms with E-state index in [4.69, 9.17) is 16.3 Å². The highest BCUT2D eigenvalue weighted by molar-refractivity contribution is 6.30. The number of fused-ring (bicyclic) bond motifs is 1. The lowest BCUT2D eigenvalue weighted by Gasteiger charge is -2.34. The van der Waals surface area contributed by atoms with E-state index in [0.29, 0.717) is 37.1 Å². The summed E-state index contributed by atoms with van der Waals surface area (Å²) >= 11 is 5.80.